The molecule has 4 heterocycles. The number of thiophene rings is 1. The van der Waals surface area contributed by atoms with Gasteiger partial charge in [-0.2, -0.15) is 0 Å². The molecule has 0 unspecified atom stereocenters. The van der Waals surface area contributed by atoms with Gasteiger partial charge in [0.15, 0.2) is 0 Å². The molecule has 0 N–H and O–H groups in total. The number of fused-ring (bicyclic) bond motifs is 9. The molecule has 5 heteroatoms. The highest BCUT2D eigenvalue weighted by Crippen LogP contribution is 2.38. The van der Waals surface area contributed by atoms with Gasteiger partial charge >= 0.3 is 0 Å². The third-order valence-electron chi connectivity index (χ3n) is 4.80. The lowest BCUT2D eigenvalue weighted by Crippen LogP contribution is -1.87. The van der Waals surface area contributed by atoms with Crippen molar-refractivity contribution in [1.82, 2.24) is 18.9 Å². The summed E-state index contributed by atoms with van der Waals surface area (Å²) in [6.07, 6.45) is 1.86. The van der Waals surface area contributed by atoms with Crippen molar-refractivity contribution < 1.29 is 0 Å². The van der Waals surface area contributed by atoms with Gasteiger partial charge in [-0.3, -0.25) is 4.40 Å². The van der Waals surface area contributed by atoms with Gasteiger partial charge in [-0.1, -0.05) is 18.2 Å². The summed E-state index contributed by atoms with van der Waals surface area (Å²) in [5.74, 6) is 0.976. The fraction of sp³-hybridized carbons (Fsp3) is 0.0526. The van der Waals surface area contributed by atoms with Crippen LogP contribution in [0.3, 0.4) is 0 Å². The number of nitrogens with zero attached hydrogens (tertiary/aromatic N) is 4. The molecule has 4 aromatic heterocycles. The number of benzene rings is 2. The molecule has 0 amide bonds. The molecule has 0 atom stereocenters. The molecule has 2 aromatic carbocycles. The zero-order valence-electron chi connectivity index (χ0n) is 12.9. The maximum atomic E-state index is 4.88. The van der Waals surface area contributed by atoms with E-state index in [1.165, 1.54) is 32.0 Å². The predicted octanol–water partition coefficient (Wildman–Crippen LogP) is 4.74. The minimum Gasteiger partial charge on any atom is -0.313 e. The Morgan fingerprint density at radius 3 is 2.71 bits per heavy atom. The molecule has 0 aliphatic carbocycles. The molecule has 0 fully saturated rings. The molecule has 114 valence electrons. The van der Waals surface area contributed by atoms with E-state index in [1.807, 2.05) is 12.3 Å². The molecular weight excluding hydrogens is 316 g/mol. The van der Waals surface area contributed by atoms with Crippen LogP contribution in [-0.4, -0.2) is 18.9 Å². The molecule has 0 spiro atoms. The minimum absolute atomic E-state index is 0.976. The van der Waals surface area contributed by atoms with Gasteiger partial charge in [0.25, 0.3) is 0 Å². The van der Waals surface area contributed by atoms with Crippen molar-refractivity contribution in [2.75, 3.05) is 0 Å². The first-order chi connectivity index (χ1) is 11.8. The van der Waals surface area contributed by atoms with Crippen molar-refractivity contribution >= 4 is 59.5 Å². The Labute approximate surface area is 140 Å². The predicted molar refractivity (Wildman–Crippen MR) is 99.9 cm³/mol. The van der Waals surface area contributed by atoms with Gasteiger partial charge in [0.05, 0.1) is 26.8 Å². The number of para-hydroxylation sites is 2. The first-order valence-corrected chi connectivity index (χ1v) is 8.66. The molecule has 6 rings (SSSR count). The number of pyridine rings is 1. The highest BCUT2D eigenvalue weighted by Gasteiger charge is 2.17. The van der Waals surface area contributed by atoms with Gasteiger partial charge < -0.3 is 4.57 Å². The van der Waals surface area contributed by atoms with Crippen LogP contribution in [0.15, 0.2) is 54.7 Å². The van der Waals surface area contributed by atoms with Crippen molar-refractivity contribution in [3.8, 4) is 0 Å². The Bertz CT molecular complexity index is 1420. The quantitative estimate of drug-likeness (QED) is 0.403. The molecule has 24 heavy (non-hydrogen) atoms. The summed E-state index contributed by atoms with van der Waals surface area (Å²) in [7, 11) is 2.08. The van der Waals surface area contributed by atoms with Gasteiger partial charge in [0.1, 0.15) is 4.83 Å². The fourth-order valence-corrected chi connectivity index (χ4v) is 4.89. The minimum atomic E-state index is 0.976. The second-order valence-electron chi connectivity index (χ2n) is 6.06. The van der Waals surface area contributed by atoms with Crippen molar-refractivity contribution in [3.05, 3.63) is 54.7 Å². The molecule has 0 saturated carbocycles. The Morgan fingerprint density at radius 2 is 1.79 bits per heavy atom. The van der Waals surface area contributed by atoms with E-state index in [0.29, 0.717) is 0 Å². The number of aromatic nitrogens is 4. The summed E-state index contributed by atoms with van der Waals surface area (Å²) in [6.45, 7) is 0. The number of aryl methyl sites for hydroxylation is 1. The van der Waals surface area contributed by atoms with Crippen LogP contribution in [0.1, 0.15) is 0 Å². The first kappa shape index (κ1) is 12.5. The van der Waals surface area contributed by atoms with Crippen molar-refractivity contribution in [3.63, 3.8) is 0 Å². The zero-order chi connectivity index (χ0) is 15.8. The Kier molecular flexibility index (Phi) is 2.15. The average molecular weight is 328 g/mol. The van der Waals surface area contributed by atoms with Crippen molar-refractivity contribution in [2.24, 2.45) is 7.05 Å². The van der Waals surface area contributed by atoms with Gasteiger partial charge in [0.2, 0.25) is 5.78 Å². The topological polar surface area (TPSA) is 35.1 Å². The molecule has 0 saturated heterocycles. The van der Waals surface area contributed by atoms with E-state index in [9.17, 15) is 0 Å². The van der Waals surface area contributed by atoms with E-state index in [0.717, 1.165) is 16.1 Å². The molecule has 0 radical (unpaired) electrons. The normalized spacial score (nSPS) is 12.4. The molecule has 4 nitrogen and oxygen atoms in total. The van der Waals surface area contributed by atoms with Crippen LogP contribution < -0.4 is 0 Å². The van der Waals surface area contributed by atoms with E-state index in [4.69, 9.17) is 4.98 Å². The number of rotatable bonds is 0. The molecule has 0 bridgehead atoms. The lowest BCUT2D eigenvalue weighted by molar-refractivity contribution is 0.974. The van der Waals surface area contributed by atoms with E-state index < -0.39 is 0 Å². The highest BCUT2D eigenvalue weighted by atomic mass is 32.1. The van der Waals surface area contributed by atoms with E-state index >= 15 is 0 Å². The number of hydrogen-bond acceptors (Lipinski definition) is 3. The summed E-state index contributed by atoms with van der Waals surface area (Å²) >= 11 is 1.75. The lowest BCUT2D eigenvalue weighted by atomic mass is 10.2. The van der Waals surface area contributed by atoms with Crippen LogP contribution in [0.4, 0.5) is 0 Å². The van der Waals surface area contributed by atoms with Crippen molar-refractivity contribution in [1.29, 1.82) is 0 Å². The average Bonchev–Trinajstić information content (AvgIpc) is 3.25. The Balaban J connectivity index is 1.98. The Hall–Kier alpha value is -2.92. The summed E-state index contributed by atoms with van der Waals surface area (Å²) in [5.41, 5.74) is 4.60. The van der Waals surface area contributed by atoms with Gasteiger partial charge in [0, 0.05) is 24.0 Å². The van der Waals surface area contributed by atoms with E-state index in [2.05, 4.69) is 63.5 Å². The maximum absolute atomic E-state index is 4.88. The summed E-state index contributed by atoms with van der Waals surface area (Å²) in [4.78, 5) is 10.5. The van der Waals surface area contributed by atoms with Crippen LogP contribution in [0.25, 0.3) is 48.1 Å². The monoisotopic (exact) mass is 328 g/mol. The van der Waals surface area contributed by atoms with Crippen LogP contribution in [0.2, 0.25) is 0 Å². The van der Waals surface area contributed by atoms with Crippen LogP contribution in [0.5, 0.6) is 0 Å². The second-order valence-corrected chi connectivity index (χ2v) is 7.06. The SMILES string of the molecule is Cn1c2ccccc2n2c3c(ccc4c5cccnc5sc43)nc12. The number of hydrogen-bond donors (Lipinski definition) is 0. The smallest absolute Gasteiger partial charge is 0.215 e. The van der Waals surface area contributed by atoms with Crippen LogP contribution in [0, 0.1) is 0 Å². The van der Waals surface area contributed by atoms with E-state index in [1.54, 1.807) is 11.3 Å². The van der Waals surface area contributed by atoms with Gasteiger partial charge in [-0.05, 0) is 30.3 Å². The van der Waals surface area contributed by atoms with E-state index in [-0.39, 0.29) is 0 Å². The first-order valence-electron chi connectivity index (χ1n) is 7.85. The van der Waals surface area contributed by atoms with Gasteiger partial charge in [-0.25, -0.2) is 9.97 Å². The van der Waals surface area contributed by atoms with Crippen molar-refractivity contribution in [2.45, 2.75) is 0 Å². The molecule has 6 aromatic rings. The Morgan fingerprint density at radius 1 is 0.917 bits per heavy atom. The highest BCUT2D eigenvalue weighted by molar-refractivity contribution is 7.26. The zero-order valence-corrected chi connectivity index (χ0v) is 13.7. The summed E-state index contributed by atoms with van der Waals surface area (Å²) < 4.78 is 5.69. The molecule has 0 aliphatic rings. The number of imidazole rings is 2. The second kappa shape index (κ2) is 4.13. The molecule has 0 aliphatic heterocycles. The third-order valence-corrected chi connectivity index (χ3v) is 5.93. The fourth-order valence-electron chi connectivity index (χ4n) is 3.71. The summed E-state index contributed by atoms with van der Waals surface area (Å²) in [6, 6.07) is 16.9. The summed E-state index contributed by atoms with van der Waals surface area (Å²) in [5, 5.41) is 2.47. The standard InChI is InChI=1S/C19H12N4S/c1-22-14-6-2-3-7-15(14)23-16-13(21-19(22)23)9-8-11-12-5-4-10-20-18(12)24-17(11)16/h2-10H,1H3. The van der Waals surface area contributed by atoms with Crippen LogP contribution >= 0.6 is 11.3 Å². The largest absolute Gasteiger partial charge is 0.313 e. The van der Waals surface area contributed by atoms with Gasteiger partial charge in [-0.15, -0.1) is 11.3 Å². The molecular formula is C19H12N4S. The maximum Gasteiger partial charge on any atom is 0.215 e. The lowest BCUT2D eigenvalue weighted by Gasteiger charge is -1.97. The van der Waals surface area contributed by atoms with Crippen LogP contribution in [-0.2, 0) is 7.05 Å². The third kappa shape index (κ3) is 1.35.